The number of hydrogen-bond donors (Lipinski definition) is 3. The van der Waals surface area contributed by atoms with Crippen molar-refractivity contribution < 1.29 is 9.72 Å². The summed E-state index contributed by atoms with van der Waals surface area (Å²) in [5, 5.41) is 14.1. The van der Waals surface area contributed by atoms with E-state index < -0.39 is 12.1 Å². The fourth-order valence-corrected chi connectivity index (χ4v) is 4.40. The molecule has 3 heterocycles. The normalized spacial score (nSPS) is 25.7. The fourth-order valence-electron chi connectivity index (χ4n) is 4.40. The number of carbonyl (C=O) groups excluding carboxylic acids is 1. The van der Waals surface area contributed by atoms with Gasteiger partial charge in [0.05, 0.1) is 5.69 Å². The Labute approximate surface area is 171 Å². The average Bonchev–Trinajstić information content (AvgIpc) is 3.38. The number of amides is 1. The highest BCUT2D eigenvalue weighted by molar-refractivity contribution is 5.95. The van der Waals surface area contributed by atoms with Crippen molar-refractivity contribution in [2.24, 2.45) is 5.92 Å². The van der Waals surface area contributed by atoms with Crippen molar-refractivity contribution in [3.8, 4) is 11.3 Å². The number of rotatable bonds is 4. The van der Waals surface area contributed by atoms with Gasteiger partial charge < -0.3 is 5.32 Å². The molecule has 10 heteroatoms. The molecule has 2 aromatic heterocycles. The summed E-state index contributed by atoms with van der Waals surface area (Å²) in [6.07, 6.45) is 7.11. The van der Waals surface area contributed by atoms with Crippen LogP contribution in [0.4, 0.5) is 5.69 Å². The second-order valence-electron chi connectivity index (χ2n) is 7.81. The second kappa shape index (κ2) is 7.47. The van der Waals surface area contributed by atoms with Gasteiger partial charge in [0, 0.05) is 59.6 Å². The number of nitro groups is 1. The molecule has 4 atom stereocenters. The Hall–Kier alpha value is -3.37. The SMILES string of the molecule is O=C(Nc1ccc(-c2cn3cccnc3n2)cc1)C1NNC2CCC([N+](=O)[O-])CC21. The summed E-state index contributed by atoms with van der Waals surface area (Å²) in [4.78, 5) is 32.5. The summed E-state index contributed by atoms with van der Waals surface area (Å²) in [7, 11) is 0. The highest BCUT2D eigenvalue weighted by atomic mass is 16.6. The predicted molar refractivity (Wildman–Crippen MR) is 109 cm³/mol. The van der Waals surface area contributed by atoms with Crippen LogP contribution in [0, 0.1) is 16.0 Å². The highest BCUT2D eigenvalue weighted by Crippen LogP contribution is 2.32. The Morgan fingerprint density at radius 1 is 1.23 bits per heavy atom. The molecule has 0 spiro atoms. The Bertz CT molecular complexity index is 1060. The van der Waals surface area contributed by atoms with Gasteiger partial charge in [0.2, 0.25) is 17.7 Å². The molecule has 3 aromatic rings. The van der Waals surface area contributed by atoms with Crippen LogP contribution in [-0.2, 0) is 4.79 Å². The maximum Gasteiger partial charge on any atom is 0.243 e. The smallest absolute Gasteiger partial charge is 0.243 e. The molecule has 0 bridgehead atoms. The lowest BCUT2D eigenvalue weighted by Crippen LogP contribution is -2.44. The van der Waals surface area contributed by atoms with Crippen molar-refractivity contribution in [1.29, 1.82) is 0 Å². The van der Waals surface area contributed by atoms with Gasteiger partial charge in [-0.25, -0.2) is 15.4 Å². The molecule has 4 unspecified atom stereocenters. The van der Waals surface area contributed by atoms with Crippen LogP contribution < -0.4 is 16.2 Å². The number of hydrogen-bond acceptors (Lipinski definition) is 7. The first-order chi connectivity index (χ1) is 14.6. The maximum absolute atomic E-state index is 12.8. The summed E-state index contributed by atoms with van der Waals surface area (Å²) in [6, 6.07) is 8.28. The van der Waals surface area contributed by atoms with Crippen LogP contribution in [0.5, 0.6) is 0 Å². The van der Waals surface area contributed by atoms with Gasteiger partial charge in [-0.2, -0.15) is 0 Å². The predicted octanol–water partition coefficient (Wildman–Crippen LogP) is 1.63. The number of nitrogens with one attached hydrogen (secondary N) is 3. The van der Waals surface area contributed by atoms with E-state index in [0.717, 1.165) is 11.3 Å². The number of anilines is 1. The quantitative estimate of drug-likeness (QED) is 0.443. The largest absolute Gasteiger partial charge is 0.325 e. The van der Waals surface area contributed by atoms with Crippen molar-refractivity contribution in [3.05, 3.63) is 59.0 Å². The third kappa shape index (κ3) is 3.40. The van der Waals surface area contributed by atoms with Gasteiger partial charge in [-0.15, -0.1) is 0 Å². The molecule has 1 saturated heterocycles. The summed E-state index contributed by atoms with van der Waals surface area (Å²) < 4.78 is 1.85. The molecule has 10 nitrogen and oxygen atoms in total. The number of aromatic nitrogens is 3. The lowest BCUT2D eigenvalue weighted by molar-refractivity contribution is -0.528. The zero-order valence-electron chi connectivity index (χ0n) is 16.1. The minimum Gasteiger partial charge on any atom is -0.325 e. The lowest BCUT2D eigenvalue weighted by Gasteiger charge is -2.28. The standard InChI is InChI=1S/C20H21N7O3/c28-19(18-15-10-14(27(29)30)6-7-16(15)24-25-18)22-13-4-2-12(3-5-13)17-11-26-9-1-8-21-20(26)23-17/h1-5,8-9,11,14-16,18,24-25H,6-7,10H2,(H,22,28). The van der Waals surface area contributed by atoms with Crippen molar-refractivity contribution in [2.75, 3.05) is 5.32 Å². The molecular weight excluding hydrogens is 386 g/mol. The minimum absolute atomic E-state index is 0.0861. The highest BCUT2D eigenvalue weighted by Gasteiger charge is 2.46. The molecule has 1 amide bonds. The zero-order valence-corrected chi connectivity index (χ0v) is 16.1. The van der Waals surface area contributed by atoms with E-state index in [0.29, 0.717) is 30.7 Å². The van der Waals surface area contributed by atoms with E-state index in [2.05, 4.69) is 26.1 Å². The van der Waals surface area contributed by atoms with Crippen LogP contribution >= 0.6 is 0 Å². The van der Waals surface area contributed by atoms with Crippen molar-refractivity contribution in [2.45, 2.75) is 37.4 Å². The zero-order chi connectivity index (χ0) is 20.7. The first kappa shape index (κ1) is 18.6. The van der Waals surface area contributed by atoms with E-state index in [9.17, 15) is 14.9 Å². The van der Waals surface area contributed by atoms with Crippen LogP contribution in [0.1, 0.15) is 19.3 Å². The molecule has 2 aliphatic rings. The van der Waals surface area contributed by atoms with Crippen molar-refractivity contribution in [1.82, 2.24) is 25.2 Å². The average molecular weight is 407 g/mol. The molecule has 5 rings (SSSR count). The maximum atomic E-state index is 12.8. The number of imidazole rings is 1. The van der Waals surface area contributed by atoms with Crippen molar-refractivity contribution >= 4 is 17.4 Å². The minimum atomic E-state index is -0.581. The molecule has 2 fully saturated rings. The monoisotopic (exact) mass is 407 g/mol. The van der Waals surface area contributed by atoms with Gasteiger partial charge in [-0.1, -0.05) is 12.1 Å². The molecule has 3 N–H and O–H groups in total. The van der Waals surface area contributed by atoms with E-state index in [4.69, 9.17) is 0 Å². The third-order valence-corrected chi connectivity index (χ3v) is 5.99. The Morgan fingerprint density at radius 2 is 2.07 bits per heavy atom. The number of benzene rings is 1. The molecular formula is C20H21N7O3. The van der Waals surface area contributed by atoms with Gasteiger partial charge >= 0.3 is 0 Å². The van der Waals surface area contributed by atoms with Crippen LogP contribution in [0.3, 0.4) is 0 Å². The van der Waals surface area contributed by atoms with Gasteiger partial charge in [0.1, 0.15) is 6.04 Å². The Kier molecular flexibility index (Phi) is 4.64. The van der Waals surface area contributed by atoms with Gasteiger partial charge in [-0.3, -0.25) is 24.7 Å². The second-order valence-corrected chi connectivity index (χ2v) is 7.81. The molecule has 0 radical (unpaired) electrons. The van der Waals surface area contributed by atoms with E-state index >= 15 is 0 Å². The van der Waals surface area contributed by atoms with Gasteiger partial charge in [-0.05, 0) is 24.6 Å². The topological polar surface area (TPSA) is 126 Å². The molecule has 1 aliphatic carbocycles. The summed E-state index contributed by atoms with van der Waals surface area (Å²) >= 11 is 0. The Morgan fingerprint density at radius 3 is 2.83 bits per heavy atom. The van der Waals surface area contributed by atoms with E-state index in [1.807, 2.05) is 47.1 Å². The van der Waals surface area contributed by atoms with Crippen LogP contribution in [0.2, 0.25) is 0 Å². The van der Waals surface area contributed by atoms with Crippen molar-refractivity contribution in [3.63, 3.8) is 0 Å². The molecule has 154 valence electrons. The van der Waals surface area contributed by atoms with Crippen LogP contribution in [0.15, 0.2) is 48.9 Å². The van der Waals surface area contributed by atoms with Crippen LogP contribution in [-0.4, -0.2) is 43.3 Å². The summed E-state index contributed by atoms with van der Waals surface area (Å²) in [5.41, 5.74) is 8.53. The van der Waals surface area contributed by atoms with E-state index in [-0.39, 0.29) is 22.8 Å². The molecule has 1 saturated carbocycles. The van der Waals surface area contributed by atoms with E-state index in [1.165, 1.54) is 0 Å². The number of carbonyl (C=O) groups is 1. The lowest BCUT2D eigenvalue weighted by atomic mass is 9.79. The van der Waals surface area contributed by atoms with Gasteiger partial charge in [0.25, 0.3) is 0 Å². The fraction of sp³-hybridized carbons (Fsp3) is 0.350. The number of fused-ring (bicyclic) bond motifs is 2. The Balaban J connectivity index is 1.27. The van der Waals surface area contributed by atoms with Gasteiger partial charge in [0.15, 0.2) is 0 Å². The third-order valence-electron chi connectivity index (χ3n) is 5.99. The number of nitrogens with zero attached hydrogens (tertiary/aromatic N) is 4. The van der Waals surface area contributed by atoms with E-state index in [1.54, 1.807) is 6.20 Å². The summed E-state index contributed by atoms with van der Waals surface area (Å²) in [5.74, 6) is 0.335. The molecule has 1 aromatic carbocycles. The number of hydrazine groups is 1. The first-order valence-electron chi connectivity index (χ1n) is 9.94. The molecule has 30 heavy (non-hydrogen) atoms. The van der Waals surface area contributed by atoms with Crippen LogP contribution in [0.25, 0.3) is 17.0 Å². The molecule has 1 aliphatic heterocycles. The first-order valence-corrected chi connectivity index (χ1v) is 9.94. The summed E-state index contributed by atoms with van der Waals surface area (Å²) in [6.45, 7) is 0.